The molecule has 0 aromatic heterocycles. The van der Waals surface area contributed by atoms with E-state index in [0.29, 0.717) is 11.6 Å². The summed E-state index contributed by atoms with van der Waals surface area (Å²) < 4.78 is 42.1. The van der Waals surface area contributed by atoms with Crippen LogP contribution in [0.15, 0.2) is 71.6 Å². The highest BCUT2D eigenvalue weighted by molar-refractivity contribution is 7.89. The van der Waals surface area contributed by atoms with Crippen LogP contribution in [0.1, 0.15) is 36.5 Å². The van der Waals surface area contributed by atoms with Gasteiger partial charge in [-0.1, -0.05) is 61.3 Å². The van der Waals surface area contributed by atoms with E-state index in [1.807, 2.05) is 19.1 Å². The average molecular weight is 489 g/mol. The lowest BCUT2D eigenvalue weighted by Crippen LogP contribution is -2.37. The zero-order valence-electron chi connectivity index (χ0n) is 18.7. The van der Waals surface area contributed by atoms with Crippen molar-refractivity contribution in [2.45, 2.75) is 38.1 Å². The van der Waals surface area contributed by atoms with Crippen LogP contribution in [0.4, 0.5) is 10.1 Å². The molecular weight excluding hydrogens is 463 g/mol. The van der Waals surface area contributed by atoms with Crippen molar-refractivity contribution in [3.8, 4) is 0 Å². The zero-order valence-corrected chi connectivity index (χ0v) is 20.3. The number of rotatable bonds is 8. The maximum Gasteiger partial charge on any atom is 0.243 e. The molecule has 0 aliphatic carbocycles. The molecule has 0 radical (unpaired) electrons. The normalized spacial score (nSPS) is 11.7. The zero-order chi connectivity index (χ0) is 24.2. The van der Waals surface area contributed by atoms with Crippen LogP contribution in [-0.4, -0.2) is 25.2 Å². The summed E-state index contributed by atoms with van der Waals surface area (Å²) in [6, 6.07) is 17.7. The summed E-state index contributed by atoms with van der Waals surface area (Å²) in [6.07, 6.45) is 0. The molecule has 174 valence electrons. The lowest BCUT2D eigenvalue weighted by atomic mass is 10.0. The van der Waals surface area contributed by atoms with E-state index in [0.717, 1.165) is 15.4 Å². The van der Waals surface area contributed by atoms with Gasteiger partial charge in [0.05, 0.1) is 11.4 Å². The average Bonchev–Trinajstić information content (AvgIpc) is 2.76. The molecule has 1 amide bonds. The van der Waals surface area contributed by atoms with E-state index in [1.165, 1.54) is 30.3 Å². The van der Waals surface area contributed by atoms with Crippen molar-refractivity contribution in [3.63, 3.8) is 0 Å². The second kappa shape index (κ2) is 10.5. The smallest absolute Gasteiger partial charge is 0.243 e. The Kier molecular flexibility index (Phi) is 7.89. The van der Waals surface area contributed by atoms with Crippen LogP contribution in [0.3, 0.4) is 0 Å². The van der Waals surface area contributed by atoms with Crippen molar-refractivity contribution in [1.82, 2.24) is 4.31 Å². The number of anilines is 1. The first-order chi connectivity index (χ1) is 15.6. The van der Waals surface area contributed by atoms with Gasteiger partial charge >= 0.3 is 0 Å². The third-order valence-corrected chi connectivity index (χ3v) is 7.40. The van der Waals surface area contributed by atoms with Crippen molar-refractivity contribution in [3.05, 3.63) is 94.3 Å². The predicted molar refractivity (Wildman–Crippen MR) is 129 cm³/mol. The van der Waals surface area contributed by atoms with Gasteiger partial charge in [0.2, 0.25) is 15.9 Å². The second-order valence-corrected chi connectivity index (χ2v) is 10.5. The second-order valence-electron chi connectivity index (χ2n) is 8.11. The topological polar surface area (TPSA) is 66.5 Å². The van der Waals surface area contributed by atoms with Gasteiger partial charge in [-0.2, -0.15) is 4.31 Å². The van der Waals surface area contributed by atoms with E-state index >= 15 is 0 Å². The highest BCUT2D eigenvalue weighted by atomic mass is 35.5. The van der Waals surface area contributed by atoms with Crippen molar-refractivity contribution in [1.29, 1.82) is 0 Å². The molecule has 5 nitrogen and oxygen atoms in total. The molecule has 3 aromatic carbocycles. The fourth-order valence-corrected chi connectivity index (χ4v) is 4.84. The minimum Gasteiger partial charge on any atom is -0.325 e. The molecule has 0 fully saturated rings. The van der Waals surface area contributed by atoms with E-state index < -0.39 is 28.3 Å². The number of hydrogen-bond acceptors (Lipinski definition) is 3. The summed E-state index contributed by atoms with van der Waals surface area (Å²) >= 11 is 6.14. The van der Waals surface area contributed by atoms with Crippen LogP contribution < -0.4 is 5.32 Å². The third kappa shape index (κ3) is 6.19. The van der Waals surface area contributed by atoms with Crippen LogP contribution in [-0.2, 0) is 21.4 Å². The number of nitrogens with zero attached hydrogens (tertiary/aromatic N) is 1. The Morgan fingerprint density at radius 2 is 1.67 bits per heavy atom. The van der Waals surface area contributed by atoms with Gasteiger partial charge in [0.15, 0.2) is 0 Å². The van der Waals surface area contributed by atoms with Crippen molar-refractivity contribution < 1.29 is 17.6 Å². The van der Waals surface area contributed by atoms with Gasteiger partial charge in [0.1, 0.15) is 5.82 Å². The molecule has 0 saturated carbocycles. The Labute approximate surface area is 199 Å². The molecule has 0 spiro atoms. The van der Waals surface area contributed by atoms with Crippen molar-refractivity contribution >= 4 is 33.2 Å². The van der Waals surface area contributed by atoms with Crippen LogP contribution in [0.2, 0.25) is 5.02 Å². The maximum atomic E-state index is 14.4. The van der Waals surface area contributed by atoms with E-state index in [2.05, 4.69) is 19.2 Å². The molecule has 3 aromatic rings. The lowest BCUT2D eigenvalue weighted by molar-refractivity contribution is -0.116. The first-order valence-corrected chi connectivity index (χ1v) is 12.3. The van der Waals surface area contributed by atoms with Gasteiger partial charge < -0.3 is 5.32 Å². The summed E-state index contributed by atoms with van der Waals surface area (Å²) in [6.45, 7) is 5.07. The number of benzene rings is 3. The van der Waals surface area contributed by atoms with Crippen LogP contribution >= 0.6 is 11.6 Å². The van der Waals surface area contributed by atoms with Gasteiger partial charge in [-0.05, 0) is 54.8 Å². The number of hydrogen-bond donors (Lipinski definition) is 1. The van der Waals surface area contributed by atoms with Crippen molar-refractivity contribution in [2.75, 3.05) is 11.9 Å². The van der Waals surface area contributed by atoms with Crippen LogP contribution in [0, 0.1) is 12.7 Å². The number of aryl methyl sites for hydroxylation is 1. The molecule has 0 aliphatic heterocycles. The van der Waals surface area contributed by atoms with Gasteiger partial charge in [0, 0.05) is 22.8 Å². The molecule has 0 heterocycles. The molecule has 8 heteroatoms. The number of carbonyl (C=O) groups is 1. The summed E-state index contributed by atoms with van der Waals surface area (Å²) in [5.74, 6) is -0.845. The molecule has 0 bridgehead atoms. The SMILES string of the molecule is Cc1ccc(S(=O)(=O)N(CC(=O)Nc2ccc(C(C)C)cc2)Cc2c(F)cccc2Cl)cc1. The first kappa shape index (κ1) is 24.9. The number of halogens is 2. The molecule has 1 N–H and O–H groups in total. The Balaban J connectivity index is 1.89. The number of amides is 1. The largest absolute Gasteiger partial charge is 0.325 e. The monoisotopic (exact) mass is 488 g/mol. The minimum absolute atomic E-state index is 0.00365. The van der Waals surface area contributed by atoms with Crippen LogP contribution in [0.25, 0.3) is 0 Å². The Bertz CT molecular complexity index is 1210. The van der Waals surface area contributed by atoms with Gasteiger partial charge in [0.25, 0.3) is 0 Å². The minimum atomic E-state index is -4.11. The van der Waals surface area contributed by atoms with Gasteiger partial charge in [-0.25, -0.2) is 12.8 Å². The molecule has 0 aliphatic rings. The molecule has 0 unspecified atom stereocenters. The van der Waals surface area contributed by atoms with Gasteiger partial charge in [-0.3, -0.25) is 4.79 Å². The van der Waals surface area contributed by atoms with E-state index in [9.17, 15) is 17.6 Å². The predicted octanol–water partition coefficient (Wildman–Crippen LogP) is 5.74. The lowest BCUT2D eigenvalue weighted by Gasteiger charge is -2.23. The summed E-state index contributed by atoms with van der Waals surface area (Å²) in [5, 5.41) is 2.80. The maximum absolute atomic E-state index is 14.4. The van der Waals surface area contributed by atoms with E-state index in [1.54, 1.807) is 24.3 Å². The van der Waals surface area contributed by atoms with Gasteiger partial charge in [-0.15, -0.1) is 0 Å². The summed E-state index contributed by atoms with van der Waals surface area (Å²) in [4.78, 5) is 12.8. The van der Waals surface area contributed by atoms with Crippen LogP contribution in [0.5, 0.6) is 0 Å². The fourth-order valence-electron chi connectivity index (χ4n) is 3.26. The number of sulfonamides is 1. The van der Waals surface area contributed by atoms with E-state index in [4.69, 9.17) is 11.6 Å². The molecule has 0 atom stereocenters. The first-order valence-electron chi connectivity index (χ1n) is 10.5. The highest BCUT2D eigenvalue weighted by Crippen LogP contribution is 2.25. The Hall–Kier alpha value is -2.74. The summed E-state index contributed by atoms with van der Waals surface area (Å²) in [7, 11) is -4.11. The van der Waals surface area contributed by atoms with Crippen molar-refractivity contribution in [2.24, 2.45) is 0 Å². The standard InChI is InChI=1S/C25H26ClFN2O3S/c1-17(2)19-9-11-20(12-10-19)28-25(30)16-29(15-22-23(26)5-4-6-24(22)27)33(31,32)21-13-7-18(3)8-14-21/h4-14,17H,15-16H2,1-3H3,(H,28,30). The summed E-state index contributed by atoms with van der Waals surface area (Å²) in [5.41, 5.74) is 2.55. The molecule has 3 rings (SSSR count). The molecule has 0 saturated heterocycles. The molecule has 33 heavy (non-hydrogen) atoms. The fraction of sp³-hybridized carbons (Fsp3) is 0.240. The number of nitrogens with one attached hydrogen (secondary N) is 1. The molecular formula is C25H26ClFN2O3S. The Morgan fingerprint density at radius 3 is 2.24 bits per heavy atom. The van der Waals surface area contributed by atoms with E-state index in [-0.39, 0.29) is 22.0 Å². The highest BCUT2D eigenvalue weighted by Gasteiger charge is 2.28. The Morgan fingerprint density at radius 1 is 1.03 bits per heavy atom. The third-order valence-electron chi connectivity index (χ3n) is 5.24. The number of carbonyl (C=O) groups excluding carboxylic acids is 1. The quantitative estimate of drug-likeness (QED) is 0.439.